The molecule has 2 aromatic rings. The van der Waals surface area contributed by atoms with Crippen LogP contribution in [0.4, 0.5) is 0 Å². The molecule has 128 valence electrons. The molecule has 2 aliphatic rings. The maximum atomic E-state index is 12.8. The molecular weight excluding hydrogens is 320 g/mol. The number of carbonyl (C=O) groups is 1. The molecule has 2 saturated heterocycles. The van der Waals surface area contributed by atoms with Gasteiger partial charge in [-0.2, -0.15) is 11.8 Å². The van der Waals surface area contributed by atoms with Crippen LogP contribution in [0.25, 0.3) is 11.0 Å². The molecule has 1 amide bonds. The predicted octanol–water partition coefficient (Wildman–Crippen LogP) is 2.66. The SMILES string of the molecule is CN(CC(=O)N1CCC[C@H]1c1nc2ccccc2[nH]1)[C@@H]1CCSC1. The van der Waals surface area contributed by atoms with Gasteiger partial charge in [-0.15, -0.1) is 0 Å². The number of amides is 1. The van der Waals surface area contributed by atoms with Gasteiger partial charge in [0.2, 0.25) is 5.91 Å². The Bertz CT molecular complexity index is 692. The molecule has 24 heavy (non-hydrogen) atoms. The van der Waals surface area contributed by atoms with Gasteiger partial charge in [0.1, 0.15) is 5.82 Å². The van der Waals surface area contributed by atoms with Crippen molar-refractivity contribution in [2.24, 2.45) is 0 Å². The molecule has 0 unspecified atom stereocenters. The molecule has 5 nitrogen and oxygen atoms in total. The number of para-hydroxylation sites is 2. The molecule has 0 radical (unpaired) electrons. The van der Waals surface area contributed by atoms with Crippen molar-refractivity contribution >= 4 is 28.7 Å². The molecule has 2 aliphatic heterocycles. The second-order valence-electron chi connectivity index (χ2n) is 6.82. The number of rotatable bonds is 4. The van der Waals surface area contributed by atoms with Crippen molar-refractivity contribution in [3.8, 4) is 0 Å². The van der Waals surface area contributed by atoms with Gasteiger partial charge < -0.3 is 9.88 Å². The van der Waals surface area contributed by atoms with E-state index < -0.39 is 0 Å². The highest BCUT2D eigenvalue weighted by Crippen LogP contribution is 2.31. The van der Waals surface area contributed by atoms with E-state index in [-0.39, 0.29) is 11.9 Å². The quantitative estimate of drug-likeness (QED) is 0.926. The van der Waals surface area contributed by atoms with Crippen LogP contribution in [0.2, 0.25) is 0 Å². The van der Waals surface area contributed by atoms with Crippen LogP contribution in [-0.4, -0.2) is 63.4 Å². The molecule has 0 saturated carbocycles. The third kappa shape index (κ3) is 3.05. The molecule has 4 rings (SSSR count). The molecule has 1 N–H and O–H groups in total. The highest BCUT2D eigenvalue weighted by molar-refractivity contribution is 7.99. The Morgan fingerprint density at radius 1 is 1.42 bits per heavy atom. The van der Waals surface area contributed by atoms with Crippen LogP contribution in [0.3, 0.4) is 0 Å². The fourth-order valence-electron chi connectivity index (χ4n) is 3.78. The highest BCUT2D eigenvalue weighted by Gasteiger charge is 2.33. The summed E-state index contributed by atoms with van der Waals surface area (Å²) in [7, 11) is 2.08. The number of nitrogens with zero attached hydrogens (tertiary/aromatic N) is 3. The van der Waals surface area contributed by atoms with E-state index in [1.165, 1.54) is 12.2 Å². The molecule has 1 aromatic heterocycles. The standard InChI is InChI=1S/C18H24N4OS/c1-21(13-8-10-24-12-13)11-17(23)22-9-4-7-16(22)18-19-14-5-2-3-6-15(14)20-18/h2-3,5-6,13,16H,4,7-12H2,1H3,(H,19,20)/t13-,16+/m1/s1. The van der Waals surface area contributed by atoms with Gasteiger partial charge in [0, 0.05) is 18.3 Å². The fourth-order valence-corrected chi connectivity index (χ4v) is 5.08. The first kappa shape index (κ1) is 16.0. The minimum Gasteiger partial charge on any atom is -0.340 e. The smallest absolute Gasteiger partial charge is 0.237 e. The largest absolute Gasteiger partial charge is 0.340 e. The van der Waals surface area contributed by atoms with E-state index in [1.54, 1.807) is 0 Å². The van der Waals surface area contributed by atoms with Crippen LogP contribution < -0.4 is 0 Å². The van der Waals surface area contributed by atoms with Crippen molar-refractivity contribution in [3.05, 3.63) is 30.1 Å². The minimum atomic E-state index is 0.0938. The highest BCUT2D eigenvalue weighted by atomic mass is 32.2. The number of imidazole rings is 1. The number of aromatic amines is 1. The summed E-state index contributed by atoms with van der Waals surface area (Å²) >= 11 is 1.99. The predicted molar refractivity (Wildman–Crippen MR) is 98.1 cm³/mol. The van der Waals surface area contributed by atoms with Crippen molar-refractivity contribution in [2.45, 2.75) is 31.3 Å². The van der Waals surface area contributed by atoms with Crippen molar-refractivity contribution in [3.63, 3.8) is 0 Å². The van der Waals surface area contributed by atoms with E-state index in [9.17, 15) is 4.79 Å². The van der Waals surface area contributed by atoms with Crippen LogP contribution in [0.15, 0.2) is 24.3 Å². The Morgan fingerprint density at radius 3 is 3.08 bits per heavy atom. The zero-order chi connectivity index (χ0) is 16.5. The monoisotopic (exact) mass is 344 g/mol. The second-order valence-corrected chi connectivity index (χ2v) is 7.97. The normalized spacial score (nSPS) is 24.3. The Balaban J connectivity index is 1.48. The van der Waals surface area contributed by atoms with Crippen LogP contribution in [0, 0.1) is 0 Å². The van der Waals surface area contributed by atoms with E-state index >= 15 is 0 Å². The number of benzene rings is 1. The van der Waals surface area contributed by atoms with E-state index in [2.05, 4.69) is 16.9 Å². The molecule has 0 bridgehead atoms. The van der Waals surface area contributed by atoms with Gasteiger partial charge in [-0.1, -0.05) is 12.1 Å². The van der Waals surface area contributed by atoms with Crippen LogP contribution >= 0.6 is 11.8 Å². The molecule has 0 aliphatic carbocycles. The maximum absolute atomic E-state index is 12.8. The topological polar surface area (TPSA) is 52.2 Å². The number of nitrogens with one attached hydrogen (secondary N) is 1. The molecule has 2 fully saturated rings. The maximum Gasteiger partial charge on any atom is 0.237 e. The lowest BCUT2D eigenvalue weighted by atomic mass is 10.2. The van der Waals surface area contributed by atoms with Crippen molar-refractivity contribution in [2.75, 3.05) is 31.6 Å². The summed E-state index contributed by atoms with van der Waals surface area (Å²) in [6.45, 7) is 1.36. The lowest BCUT2D eigenvalue weighted by Gasteiger charge is -2.28. The lowest BCUT2D eigenvalue weighted by molar-refractivity contribution is -0.133. The van der Waals surface area contributed by atoms with Crippen LogP contribution in [0.5, 0.6) is 0 Å². The van der Waals surface area contributed by atoms with Gasteiger partial charge in [-0.3, -0.25) is 9.69 Å². The Kier molecular flexibility index (Phi) is 4.50. The van der Waals surface area contributed by atoms with Gasteiger partial charge in [0.25, 0.3) is 0 Å². The number of hydrogen-bond donors (Lipinski definition) is 1. The molecule has 6 heteroatoms. The average molecular weight is 344 g/mol. The number of likely N-dealkylation sites (tertiary alicyclic amines) is 1. The summed E-state index contributed by atoms with van der Waals surface area (Å²) in [5.41, 5.74) is 2.03. The Labute approximate surface area is 146 Å². The first-order valence-corrected chi connectivity index (χ1v) is 9.90. The number of likely N-dealkylation sites (N-methyl/N-ethyl adjacent to an activating group) is 1. The summed E-state index contributed by atoms with van der Waals surface area (Å²) in [4.78, 5) is 25.2. The number of H-pyrrole nitrogens is 1. The summed E-state index contributed by atoms with van der Waals surface area (Å²) in [5.74, 6) is 3.53. The summed E-state index contributed by atoms with van der Waals surface area (Å²) in [5, 5.41) is 0. The molecule has 2 atom stereocenters. The molecule has 3 heterocycles. The number of aromatic nitrogens is 2. The number of hydrogen-bond acceptors (Lipinski definition) is 4. The second kappa shape index (κ2) is 6.76. The summed E-state index contributed by atoms with van der Waals surface area (Å²) < 4.78 is 0. The van der Waals surface area contributed by atoms with Gasteiger partial charge in [-0.05, 0) is 44.2 Å². The number of thioether (sulfide) groups is 1. The first-order valence-electron chi connectivity index (χ1n) is 8.74. The minimum absolute atomic E-state index is 0.0938. The molecular formula is C18H24N4OS. The van der Waals surface area contributed by atoms with E-state index in [0.29, 0.717) is 12.6 Å². The zero-order valence-electron chi connectivity index (χ0n) is 14.1. The average Bonchev–Trinajstić information content (AvgIpc) is 3.32. The van der Waals surface area contributed by atoms with Crippen LogP contribution in [-0.2, 0) is 4.79 Å². The molecule has 0 spiro atoms. The number of fused-ring (bicyclic) bond motifs is 1. The van der Waals surface area contributed by atoms with Crippen molar-refractivity contribution in [1.82, 2.24) is 19.8 Å². The fraction of sp³-hybridized carbons (Fsp3) is 0.556. The van der Waals surface area contributed by atoms with Gasteiger partial charge >= 0.3 is 0 Å². The van der Waals surface area contributed by atoms with E-state index in [1.807, 2.05) is 40.9 Å². The zero-order valence-corrected chi connectivity index (χ0v) is 14.9. The lowest BCUT2D eigenvalue weighted by Crippen LogP contribution is -2.42. The van der Waals surface area contributed by atoms with Gasteiger partial charge in [-0.25, -0.2) is 4.98 Å². The van der Waals surface area contributed by atoms with Gasteiger partial charge in [0.05, 0.1) is 23.6 Å². The third-order valence-electron chi connectivity index (χ3n) is 5.21. The third-order valence-corrected chi connectivity index (χ3v) is 6.35. The summed E-state index contributed by atoms with van der Waals surface area (Å²) in [6, 6.07) is 8.71. The van der Waals surface area contributed by atoms with Crippen molar-refractivity contribution < 1.29 is 4.79 Å². The Morgan fingerprint density at radius 2 is 2.29 bits per heavy atom. The van der Waals surface area contributed by atoms with Gasteiger partial charge in [0.15, 0.2) is 0 Å². The van der Waals surface area contributed by atoms with E-state index in [4.69, 9.17) is 4.98 Å². The summed E-state index contributed by atoms with van der Waals surface area (Å²) in [6.07, 6.45) is 3.24. The van der Waals surface area contributed by atoms with Crippen molar-refractivity contribution in [1.29, 1.82) is 0 Å². The number of carbonyl (C=O) groups excluding carboxylic acids is 1. The Hall–Kier alpha value is -1.53. The molecule has 1 aromatic carbocycles. The van der Waals surface area contributed by atoms with Crippen LogP contribution in [0.1, 0.15) is 31.1 Å². The van der Waals surface area contributed by atoms with E-state index in [0.717, 1.165) is 42.0 Å². The first-order chi connectivity index (χ1) is 11.7.